The summed E-state index contributed by atoms with van der Waals surface area (Å²) in [5.74, 6) is -2.82. The average Bonchev–Trinajstić information content (AvgIpc) is 3.56. The number of Topliss-reactive ketones (excluding diaryl/α,β-unsaturated/α-hetero) is 1. The minimum absolute atomic E-state index is 0.0407. The molecule has 1 spiro atoms. The molecule has 0 aromatic heterocycles. The summed E-state index contributed by atoms with van der Waals surface area (Å²) < 4.78 is 42.0. The van der Waals surface area contributed by atoms with Gasteiger partial charge in [0.05, 0.1) is 22.1 Å². The first-order chi connectivity index (χ1) is 18.2. The van der Waals surface area contributed by atoms with E-state index in [2.05, 4.69) is 5.32 Å². The smallest absolute Gasteiger partial charge is 0.323 e. The molecular weight excluding hydrogens is 499 g/mol. The lowest BCUT2D eigenvalue weighted by molar-refractivity contribution is -0.384. The van der Waals surface area contributed by atoms with E-state index in [4.69, 9.17) is 0 Å². The first-order valence-corrected chi connectivity index (χ1v) is 12.3. The Labute approximate surface area is 215 Å². The molecule has 3 aromatic rings. The number of ketones is 1. The number of anilines is 1. The van der Waals surface area contributed by atoms with Gasteiger partial charge < -0.3 is 5.32 Å². The highest BCUT2D eigenvalue weighted by Crippen LogP contribution is 2.62. The van der Waals surface area contributed by atoms with Gasteiger partial charge in [-0.05, 0) is 31.0 Å². The maximum atomic E-state index is 14.4. The molecule has 7 nitrogen and oxygen atoms in total. The van der Waals surface area contributed by atoms with Gasteiger partial charge in [-0.3, -0.25) is 24.6 Å². The molecule has 3 aliphatic heterocycles. The second kappa shape index (κ2) is 8.49. The van der Waals surface area contributed by atoms with Crippen LogP contribution in [0.3, 0.4) is 0 Å². The number of para-hydroxylation sites is 1. The van der Waals surface area contributed by atoms with Crippen molar-refractivity contribution < 1.29 is 27.7 Å². The molecule has 0 radical (unpaired) electrons. The molecule has 38 heavy (non-hydrogen) atoms. The van der Waals surface area contributed by atoms with E-state index in [9.17, 15) is 32.9 Å². The molecule has 2 fully saturated rings. The van der Waals surface area contributed by atoms with Gasteiger partial charge in [-0.15, -0.1) is 0 Å². The van der Waals surface area contributed by atoms with E-state index in [1.54, 1.807) is 0 Å². The van der Waals surface area contributed by atoms with Crippen molar-refractivity contribution in [2.45, 2.75) is 36.5 Å². The molecule has 4 atom stereocenters. The van der Waals surface area contributed by atoms with Crippen LogP contribution in [0.1, 0.15) is 45.8 Å². The van der Waals surface area contributed by atoms with Gasteiger partial charge in [0, 0.05) is 35.2 Å². The SMILES string of the molecule is O=C(c1cccc([N+](=O)[O-])c1)C1C(c2ccccc2)C2CCCN2[C@@]12C(=O)Nc1c(C(F)(F)F)cccc12. The number of rotatable bonds is 4. The topological polar surface area (TPSA) is 92.5 Å². The Morgan fingerprint density at radius 1 is 1.05 bits per heavy atom. The summed E-state index contributed by atoms with van der Waals surface area (Å²) in [4.78, 5) is 41.1. The lowest BCUT2D eigenvalue weighted by Gasteiger charge is -2.37. The van der Waals surface area contributed by atoms with E-state index in [1.165, 1.54) is 36.4 Å². The van der Waals surface area contributed by atoms with Gasteiger partial charge in [-0.2, -0.15) is 13.2 Å². The van der Waals surface area contributed by atoms with Crippen LogP contribution in [0.2, 0.25) is 0 Å². The van der Waals surface area contributed by atoms with Crippen LogP contribution < -0.4 is 5.32 Å². The van der Waals surface area contributed by atoms with E-state index < -0.39 is 45.7 Å². The summed E-state index contributed by atoms with van der Waals surface area (Å²) in [6.07, 6.45) is -3.35. The fourth-order valence-corrected chi connectivity index (χ4v) is 6.83. The molecule has 3 heterocycles. The van der Waals surface area contributed by atoms with Crippen LogP contribution in [0.15, 0.2) is 72.8 Å². The summed E-state index contributed by atoms with van der Waals surface area (Å²) in [5.41, 5.74) is -2.33. The number of carbonyl (C=O) groups excluding carboxylic acids is 2. The third-order valence-corrected chi connectivity index (χ3v) is 8.15. The largest absolute Gasteiger partial charge is 0.418 e. The zero-order valence-electron chi connectivity index (χ0n) is 19.9. The average molecular weight is 521 g/mol. The number of alkyl halides is 3. The molecule has 3 aliphatic rings. The maximum absolute atomic E-state index is 14.4. The Morgan fingerprint density at radius 2 is 1.79 bits per heavy atom. The number of non-ortho nitro benzene ring substituents is 1. The molecule has 10 heteroatoms. The Bertz CT molecular complexity index is 1480. The van der Waals surface area contributed by atoms with Crippen LogP contribution in [-0.4, -0.2) is 34.1 Å². The Balaban J connectivity index is 1.63. The number of fused-ring (bicyclic) bond motifs is 4. The summed E-state index contributed by atoms with van der Waals surface area (Å²) in [6.45, 7) is 0.426. The van der Waals surface area contributed by atoms with E-state index in [-0.39, 0.29) is 28.5 Å². The maximum Gasteiger partial charge on any atom is 0.418 e. The first kappa shape index (κ1) is 24.3. The van der Waals surface area contributed by atoms with Crippen molar-refractivity contribution in [3.63, 3.8) is 0 Å². The molecule has 3 unspecified atom stereocenters. The molecular formula is C28H22F3N3O4. The van der Waals surface area contributed by atoms with Crippen molar-refractivity contribution in [1.82, 2.24) is 4.90 Å². The predicted molar refractivity (Wildman–Crippen MR) is 132 cm³/mol. The zero-order valence-corrected chi connectivity index (χ0v) is 19.9. The fraction of sp³-hybridized carbons (Fsp3) is 0.286. The van der Waals surface area contributed by atoms with Crippen molar-refractivity contribution in [1.29, 1.82) is 0 Å². The Morgan fingerprint density at radius 3 is 2.50 bits per heavy atom. The lowest BCUT2D eigenvalue weighted by atomic mass is 9.68. The summed E-state index contributed by atoms with van der Waals surface area (Å²) in [6, 6.07) is 17.8. The molecule has 0 saturated carbocycles. The molecule has 6 rings (SSSR count). The summed E-state index contributed by atoms with van der Waals surface area (Å²) in [5, 5.41) is 13.9. The molecule has 194 valence electrons. The number of carbonyl (C=O) groups is 2. The van der Waals surface area contributed by atoms with Crippen LogP contribution in [-0.2, 0) is 16.5 Å². The normalized spacial score (nSPS) is 26.3. The van der Waals surface area contributed by atoms with E-state index in [0.717, 1.165) is 18.1 Å². The van der Waals surface area contributed by atoms with Crippen molar-refractivity contribution in [2.24, 2.45) is 5.92 Å². The standard InChI is InChI=1S/C28H22F3N3O4/c29-28(30,31)20-12-5-11-19-24(20)32-26(36)27(19)23(25(35)17-9-4-10-18(15-17)34(37)38)22(16-7-2-1-3-8-16)21-13-6-14-33(21)27/h1-5,7-12,15,21-23H,6,13-14H2,(H,32,36)/t21?,22?,23?,27-/m1/s1. The van der Waals surface area contributed by atoms with E-state index >= 15 is 0 Å². The molecule has 0 bridgehead atoms. The fourth-order valence-electron chi connectivity index (χ4n) is 6.83. The minimum atomic E-state index is -4.72. The molecule has 2 saturated heterocycles. The highest BCUT2D eigenvalue weighted by molar-refractivity contribution is 6.13. The quantitative estimate of drug-likeness (QED) is 0.277. The number of amides is 1. The van der Waals surface area contributed by atoms with Crippen LogP contribution in [0.5, 0.6) is 0 Å². The lowest BCUT2D eigenvalue weighted by Crippen LogP contribution is -2.52. The van der Waals surface area contributed by atoms with Crippen molar-refractivity contribution in [2.75, 3.05) is 11.9 Å². The first-order valence-electron chi connectivity index (χ1n) is 12.3. The number of nitro benzene ring substituents is 1. The second-order valence-corrected chi connectivity index (χ2v) is 9.94. The Hall–Kier alpha value is -4.05. The number of hydrogen-bond acceptors (Lipinski definition) is 5. The van der Waals surface area contributed by atoms with Gasteiger partial charge in [0.1, 0.15) is 5.54 Å². The predicted octanol–water partition coefficient (Wildman–Crippen LogP) is 5.52. The van der Waals surface area contributed by atoms with Gasteiger partial charge in [0.2, 0.25) is 5.91 Å². The van der Waals surface area contributed by atoms with Crippen LogP contribution in [0.25, 0.3) is 0 Å². The van der Waals surface area contributed by atoms with E-state index in [1.807, 2.05) is 35.2 Å². The van der Waals surface area contributed by atoms with Gasteiger partial charge in [-0.25, -0.2) is 0 Å². The molecule has 1 N–H and O–H groups in total. The second-order valence-electron chi connectivity index (χ2n) is 9.94. The van der Waals surface area contributed by atoms with Crippen molar-refractivity contribution >= 4 is 23.1 Å². The molecule has 3 aromatic carbocycles. The number of nitrogens with one attached hydrogen (secondary N) is 1. The minimum Gasteiger partial charge on any atom is -0.323 e. The van der Waals surface area contributed by atoms with Crippen molar-refractivity contribution in [3.05, 3.63) is 105 Å². The summed E-state index contributed by atoms with van der Waals surface area (Å²) >= 11 is 0. The molecule has 0 aliphatic carbocycles. The third-order valence-electron chi connectivity index (χ3n) is 8.15. The molecule has 1 amide bonds. The van der Waals surface area contributed by atoms with Gasteiger partial charge in [0.15, 0.2) is 5.78 Å². The summed E-state index contributed by atoms with van der Waals surface area (Å²) in [7, 11) is 0. The van der Waals surface area contributed by atoms with Crippen LogP contribution >= 0.6 is 0 Å². The number of nitro groups is 1. The van der Waals surface area contributed by atoms with Crippen LogP contribution in [0.4, 0.5) is 24.5 Å². The van der Waals surface area contributed by atoms with E-state index in [0.29, 0.717) is 13.0 Å². The Kier molecular flexibility index (Phi) is 5.43. The van der Waals surface area contributed by atoms with Crippen LogP contribution in [0, 0.1) is 16.0 Å². The van der Waals surface area contributed by atoms with Gasteiger partial charge >= 0.3 is 6.18 Å². The highest BCUT2D eigenvalue weighted by atomic mass is 19.4. The monoisotopic (exact) mass is 521 g/mol. The number of hydrogen-bond donors (Lipinski definition) is 1. The zero-order chi connectivity index (χ0) is 26.8. The highest BCUT2D eigenvalue weighted by Gasteiger charge is 2.69. The number of nitrogens with zero attached hydrogens (tertiary/aromatic N) is 2. The number of halogens is 3. The number of benzene rings is 3. The van der Waals surface area contributed by atoms with Gasteiger partial charge in [-0.1, -0.05) is 54.6 Å². The van der Waals surface area contributed by atoms with Gasteiger partial charge in [0.25, 0.3) is 5.69 Å². The third kappa shape index (κ3) is 3.32. The van der Waals surface area contributed by atoms with Crippen molar-refractivity contribution in [3.8, 4) is 0 Å².